The fourth-order valence-electron chi connectivity index (χ4n) is 4.57. The maximum atomic E-state index is 12.6. The fourth-order valence-corrected chi connectivity index (χ4v) is 4.57. The van der Waals surface area contributed by atoms with E-state index < -0.39 is 30.1 Å². The van der Waals surface area contributed by atoms with Gasteiger partial charge in [0.2, 0.25) is 0 Å². The topological polar surface area (TPSA) is 102 Å². The molecule has 0 aliphatic heterocycles. The van der Waals surface area contributed by atoms with Gasteiger partial charge in [-0.05, 0) is 64.2 Å². The Morgan fingerprint density at radius 1 is 0.577 bits per heavy atom. The van der Waals surface area contributed by atoms with Crippen LogP contribution in [0, 0.1) is 0 Å². The van der Waals surface area contributed by atoms with Gasteiger partial charge in [-0.25, -0.2) is 0 Å². The van der Waals surface area contributed by atoms with Crippen LogP contribution in [-0.4, -0.2) is 75.5 Å². The SMILES string of the molecule is CC/C=C/C/C=C/C/C=C/C/C=C/C/C=C/C/C=C/CCC(=O)OC(COCCC(C(=O)[O-])[N+](C)(C)C)COC(=O)C/C=C/C/C=C/C/C=C/CC. The van der Waals surface area contributed by atoms with Crippen LogP contribution in [0.4, 0.5) is 0 Å². The van der Waals surface area contributed by atoms with Crippen LogP contribution in [-0.2, 0) is 28.6 Å². The van der Waals surface area contributed by atoms with Crippen molar-refractivity contribution in [3.63, 3.8) is 0 Å². The Balaban J connectivity index is 4.63. The minimum atomic E-state index is -1.15. The summed E-state index contributed by atoms with van der Waals surface area (Å²) in [5.41, 5.74) is 0. The third-order valence-corrected chi connectivity index (χ3v) is 7.45. The van der Waals surface area contributed by atoms with E-state index >= 15 is 0 Å². The lowest BCUT2D eigenvalue weighted by Crippen LogP contribution is -2.55. The van der Waals surface area contributed by atoms with Crippen LogP contribution in [0.1, 0.15) is 97.3 Å². The second-order valence-electron chi connectivity index (χ2n) is 13.1. The molecule has 52 heavy (non-hydrogen) atoms. The Morgan fingerprint density at radius 3 is 1.42 bits per heavy atom. The van der Waals surface area contributed by atoms with E-state index in [-0.39, 0.29) is 43.6 Å². The number of hydrogen-bond donors (Lipinski definition) is 0. The van der Waals surface area contributed by atoms with Crippen molar-refractivity contribution in [2.75, 3.05) is 41.0 Å². The molecule has 0 aromatic rings. The van der Waals surface area contributed by atoms with Crippen LogP contribution in [0.25, 0.3) is 0 Å². The van der Waals surface area contributed by atoms with Gasteiger partial charge in [-0.15, -0.1) is 0 Å². The zero-order chi connectivity index (χ0) is 38.5. The van der Waals surface area contributed by atoms with Gasteiger partial charge in [-0.1, -0.05) is 123 Å². The number of hydrogen-bond acceptors (Lipinski definition) is 7. The monoisotopic (exact) mass is 721 g/mol. The molecule has 8 nitrogen and oxygen atoms in total. The first-order valence-electron chi connectivity index (χ1n) is 18.9. The molecule has 0 saturated carbocycles. The van der Waals surface area contributed by atoms with Crippen LogP contribution in [0.5, 0.6) is 0 Å². The van der Waals surface area contributed by atoms with Crippen LogP contribution in [0.2, 0.25) is 0 Å². The number of nitrogens with zero attached hydrogens (tertiary/aromatic N) is 1. The highest BCUT2D eigenvalue weighted by atomic mass is 16.6. The van der Waals surface area contributed by atoms with Crippen LogP contribution in [0.3, 0.4) is 0 Å². The molecular formula is C44H67NO7. The number of carbonyl (C=O) groups is 3. The molecular weight excluding hydrogens is 654 g/mol. The van der Waals surface area contributed by atoms with Crippen molar-refractivity contribution in [3.05, 3.63) is 109 Å². The van der Waals surface area contributed by atoms with Crippen molar-refractivity contribution in [1.82, 2.24) is 0 Å². The van der Waals surface area contributed by atoms with Gasteiger partial charge in [0.05, 0.1) is 46.7 Å². The molecule has 2 unspecified atom stereocenters. The molecule has 0 aliphatic rings. The zero-order valence-corrected chi connectivity index (χ0v) is 32.7. The first kappa shape index (κ1) is 48.0. The number of allylic oxidation sites excluding steroid dienone is 17. The number of carboxylic acids is 1. The molecule has 0 heterocycles. The van der Waals surface area contributed by atoms with E-state index in [2.05, 4.69) is 92.8 Å². The Morgan fingerprint density at radius 2 is 1.00 bits per heavy atom. The molecule has 0 spiro atoms. The summed E-state index contributed by atoms with van der Waals surface area (Å²) in [4.78, 5) is 36.5. The third kappa shape index (κ3) is 31.9. The fraction of sp³-hybridized carbons (Fsp3) is 0.523. The molecule has 0 rings (SSSR count). The standard InChI is InChI=1S/C44H67NO7/c1-6-8-10-12-14-16-17-18-19-20-21-22-23-24-25-27-29-31-33-35-43(47)52-40(38-50-37-36-41(44(48)49)45(3,4)5)39-51-42(46)34-32-30-28-26-15-13-11-9-7-2/h8-11,14-16,18-19,21-22,24-26,29-32,40-41H,6-7,12-13,17,20,23,27-28,33-39H2,1-5H3/b10-8+,11-9+,16-14+,19-18+,22-21+,25-24+,26-15+,31-29+,32-30+. The minimum Gasteiger partial charge on any atom is -0.544 e. The Hall–Kier alpha value is -4.01. The van der Waals surface area contributed by atoms with Gasteiger partial charge in [0.1, 0.15) is 12.6 Å². The zero-order valence-electron chi connectivity index (χ0n) is 32.7. The van der Waals surface area contributed by atoms with Crippen molar-refractivity contribution >= 4 is 17.9 Å². The van der Waals surface area contributed by atoms with E-state index in [4.69, 9.17) is 14.2 Å². The maximum Gasteiger partial charge on any atom is 0.309 e. The van der Waals surface area contributed by atoms with Gasteiger partial charge in [0.15, 0.2) is 6.10 Å². The summed E-state index contributed by atoms with van der Waals surface area (Å²) in [7, 11) is 5.33. The molecule has 2 atom stereocenters. The van der Waals surface area contributed by atoms with E-state index in [1.54, 1.807) is 27.2 Å². The summed E-state index contributed by atoms with van der Waals surface area (Å²) in [5.74, 6) is -2.02. The maximum absolute atomic E-state index is 12.6. The Kier molecular flexibility index (Phi) is 31.5. The summed E-state index contributed by atoms with van der Waals surface area (Å²) in [6.45, 7) is 4.18. The van der Waals surface area contributed by atoms with E-state index in [1.165, 1.54) is 0 Å². The quantitative estimate of drug-likeness (QED) is 0.0307. The molecule has 290 valence electrons. The smallest absolute Gasteiger partial charge is 0.309 e. The van der Waals surface area contributed by atoms with E-state index in [0.717, 1.165) is 57.8 Å². The average molecular weight is 722 g/mol. The number of quaternary nitrogens is 1. The van der Waals surface area contributed by atoms with Gasteiger partial charge in [0.25, 0.3) is 0 Å². The second-order valence-corrected chi connectivity index (χ2v) is 13.1. The molecule has 0 aliphatic carbocycles. The van der Waals surface area contributed by atoms with Crippen molar-refractivity contribution in [3.8, 4) is 0 Å². The van der Waals surface area contributed by atoms with Crippen LogP contribution in [0.15, 0.2) is 109 Å². The van der Waals surface area contributed by atoms with E-state index in [0.29, 0.717) is 6.42 Å². The Labute approximate surface area is 315 Å². The molecule has 0 aromatic carbocycles. The van der Waals surface area contributed by atoms with E-state index in [1.807, 2.05) is 24.3 Å². The summed E-state index contributed by atoms with van der Waals surface area (Å²) < 4.78 is 16.8. The van der Waals surface area contributed by atoms with Gasteiger partial charge in [0, 0.05) is 12.8 Å². The van der Waals surface area contributed by atoms with Crippen molar-refractivity contribution in [1.29, 1.82) is 0 Å². The highest BCUT2D eigenvalue weighted by Crippen LogP contribution is 2.09. The number of carboxylic acid groups (broad SMARTS) is 1. The first-order chi connectivity index (χ1) is 25.1. The number of aliphatic carboxylic acids is 1. The molecule has 0 N–H and O–H groups in total. The lowest BCUT2D eigenvalue weighted by atomic mass is 10.1. The van der Waals surface area contributed by atoms with Crippen LogP contribution < -0.4 is 5.11 Å². The first-order valence-corrected chi connectivity index (χ1v) is 18.9. The van der Waals surface area contributed by atoms with Gasteiger partial charge in [-0.3, -0.25) is 9.59 Å². The third-order valence-electron chi connectivity index (χ3n) is 7.45. The number of rotatable bonds is 31. The van der Waals surface area contributed by atoms with Crippen molar-refractivity contribution < 1.29 is 38.2 Å². The molecule has 0 aromatic heterocycles. The highest BCUT2D eigenvalue weighted by Gasteiger charge is 2.25. The van der Waals surface area contributed by atoms with E-state index in [9.17, 15) is 19.5 Å². The number of ether oxygens (including phenoxy) is 3. The summed E-state index contributed by atoms with van der Waals surface area (Å²) in [6.07, 6.45) is 46.0. The van der Waals surface area contributed by atoms with Crippen LogP contribution >= 0.6 is 0 Å². The van der Waals surface area contributed by atoms with Gasteiger partial charge >= 0.3 is 11.9 Å². The molecule has 8 heteroatoms. The second kappa shape index (κ2) is 34.1. The normalized spacial score (nSPS) is 14.2. The number of esters is 2. The number of carbonyl (C=O) groups excluding carboxylic acids is 3. The van der Waals surface area contributed by atoms with Crippen molar-refractivity contribution in [2.45, 2.75) is 109 Å². The largest absolute Gasteiger partial charge is 0.544 e. The summed E-state index contributed by atoms with van der Waals surface area (Å²) in [5, 5.41) is 11.6. The summed E-state index contributed by atoms with van der Waals surface area (Å²) in [6, 6.07) is -0.755. The lowest BCUT2D eigenvalue weighted by molar-refractivity contribution is -0.889. The molecule has 0 amide bonds. The van der Waals surface area contributed by atoms with Crippen molar-refractivity contribution in [2.24, 2.45) is 0 Å². The lowest BCUT2D eigenvalue weighted by Gasteiger charge is -2.34. The van der Waals surface area contributed by atoms with Gasteiger partial charge in [-0.2, -0.15) is 0 Å². The van der Waals surface area contributed by atoms with Gasteiger partial charge < -0.3 is 28.6 Å². The average Bonchev–Trinajstić information content (AvgIpc) is 3.09. The predicted octanol–water partition coefficient (Wildman–Crippen LogP) is 8.40. The molecule has 0 bridgehead atoms. The predicted molar refractivity (Wildman–Crippen MR) is 212 cm³/mol. The highest BCUT2D eigenvalue weighted by molar-refractivity contribution is 5.71. The minimum absolute atomic E-state index is 0.0248. The Bertz CT molecular complexity index is 1210. The molecule has 0 radical (unpaired) electrons. The molecule has 0 fully saturated rings. The molecule has 0 saturated heterocycles. The number of likely N-dealkylation sites (N-methyl/N-ethyl adjacent to an activating group) is 1. The summed E-state index contributed by atoms with van der Waals surface area (Å²) >= 11 is 0.